The molecule has 3 aromatic carbocycles. The Balaban J connectivity index is 1.49. The number of carbonyl (C=O) groups excluding carboxylic acids is 2. The van der Waals surface area contributed by atoms with Gasteiger partial charge in [-0.15, -0.1) is 0 Å². The smallest absolute Gasteiger partial charge is 0.257 e. The molecule has 0 saturated heterocycles. The average molecular weight is 591 g/mol. The van der Waals surface area contributed by atoms with Crippen molar-refractivity contribution < 1.29 is 19.1 Å². The van der Waals surface area contributed by atoms with Crippen LogP contribution in [0.5, 0.6) is 11.5 Å². The standard InChI is InChI=1S/C23H17Br2N3O4S/c1-31-18-7-3-12(9-15(18)24)21(29)26-14-5-6-17-20(11-14)33-23(27-17)28-22(30)13-4-8-19(32-2)16(25)10-13/h3-11H,1-2H3,(H,26,29)(H,27,28,30). The molecule has 10 heteroatoms. The summed E-state index contributed by atoms with van der Waals surface area (Å²) in [5.41, 5.74) is 2.31. The number of amides is 2. The number of aromatic nitrogens is 1. The molecule has 0 aliphatic rings. The number of nitrogens with zero attached hydrogens (tertiary/aromatic N) is 1. The van der Waals surface area contributed by atoms with Crippen LogP contribution >= 0.6 is 43.2 Å². The van der Waals surface area contributed by atoms with Crippen molar-refractivity contribution in [1.82, 2.24) is 4.98 Å². The van der Waals surface area contributed by atoms with Gasteiger partial charge in [0.15, 0.2) is 5.13 Å². The van der Waals surface area contributed by atoms with E-state index in [9.17, 15) is 9.59 Å². The minimum Gasteiger partial charge on any atom is -0.496 e. The number of nitrogens with one attached hydrogen (secondary N) is 2. The van der Waals surface area contributed by atoms with Crippen LogP contribution in [-0.4, -0.2) is 31.0 Å². The van der Waals surface area contributed by atoms with E-state index in [1.807, 2.05) is 6.07 Å². The second kappa shape index (κ2) is 9.90. The third kappa shape index (κ3) is 5.18. The zero-order chi connectivity index (χ0) is 23.5. The van der Waals surface area contributed by atoms with E-state index in [2.05, 4.69) is 47.5 Å². The van der Waals surface area contributed by atoms with E-state index in [1.165, 1.54) is 11.3 Å². The van der Waals surface area contributed by atoms with E-state index >= 15 is 0 Å². The monoisotopic (exact) mass is 589 g/mol. The quantitative estimate of drug-likeness (QED) is 0.273. The minimum absolute atomic E-state index is 0.249. The van der Waals surface area contributed by atoms with Gasteiger partial charge in [0.1, 0.15) is 11.5 Å². The van der Waals surface area contributed by atoms with Crippen LogP contribution in [0.1, 0.15) is 20.7 Å². The summed E-state index contributed by atoms with van der Waals surface area (Å²) in [6.45, 7) is 0. The number of hydrogen-bond acceptors (Lipinski definition) is 6. The highest BCUT2D eigenvalue weighted by Gasteiger charge is 2.14. The van der Waals surface area contributed by atoms with Gasteiger partial charge in [-0.3, -0.25) is 14.9 Å². The van der Waals surface area contributed by atoms with Gasteiger partial charge in [-0.05, 0) is 86.5 Å². The first kappa shape index (κ1) is 23.2. The van der Waals surface area contributed by atoms with Gasteiger partial charge in [0.05, 0.1) is 33.4 Å². The summed E-state index contributed by atoms with van der Waals surface area (Å²) in [4.78, 5) is 29.7. The van der Waals surface area contributed by atoms with Crippen LogP contribution < -0.4 is 20.1 Å². The molecular formula is C23H17Br2N3O4S. The number of ether oxygens (including phenoxy) is 2. The summed E-state index contributed by atoms with van der Waals surface area (Å²) in [6.07, 6.45) is 0. The topological polar surface area (TPSA) is 89.5 Å². The zero-order valence-corrected chi connectivity index (χ0v) is 21.4. The Hall–Kier alpha value is -2.95. The molecule has 0 saturated carbocycles. The van der Waals surface area contributed by atoms with Crippen LogP contribution in [0.2, 0.25) is 0 Å². The van der Waals surface area contributed by atoms with Crippen molar-refractivity contribution in [3.63, 3.8) is 0 Å². The molecule has 168 valence electrons. The summed E-state index contributed by atoms with van der Waals surface area (Å²) in [6, 6.07) is 15.6. The van der Waals surface area contributed by atoms with Gasteiger partial charge in [0.2, 0.25) is 0 Å². The largest absolute Gasteiger partial charge is 0.496 e. The van der Waals surface area contributed by atoms with Crippen molar-refractivity contribution in [2.24, 2.45) is 0 Å². The molecule has 2 N–H and O–H groups in total. The molecule has 1 heterocycles. The molecule has 0 aliphatic heterocycles. The number of fused-ring (bicyclic) bond motifs is 1. The van der Waals surface area contributed by atoms with E-state index in [4.69, 9.17) is 9.47 Å². The highest BCUT2D eigenvalue weighted by molar-refractivity contribution is 9.10. The van der Waals surface area contributed by atoms with Crippen LogP contribution in [0.25, 0.3) is 10.2 Å². The molecule has 0 bridgehead atoms. The molecule has 0 aliphatic carbocycles. The lowest BCUT2D eigenvalue weighted by molar-refractivity contribution is 0.101. The van der Waals surface area contributed by atoms with Crippen molar-refractivity contribution >= 4 is 76.0 Å². The third-order valence-corrected chi connectivity index (χ3v) is 6.87. The fourth-order valence-corrected chi connectivity index (χ4v) is 5.03. The van der Waals surface area contributed by atoms with E-state index in [-0.39, 0.29) is 11.8 Å². The van der Waals surface area contributed by atoms with E-state index in [0.717, 1.165) is 10.2 Å². The molecule has 2 amide bonds. The number of anilines is 2. The Labute approximate surface area is 210 Å². The minimum atomic E-state index is -0.281. The van der Waals surface area contributed by atoms with Gasteiger partial charge in [0.25, 0.3) is 11.8 Å². The second-order valence-corrected chi connectivity index (χ2v) is 9.55. The van der Waals surface area contributed by atoms with Gasteiger partial charge in [-0.25, -0.2) is 4.98 Å². The van der Waals surface area contributed by atoms with E-state index < -0.39 is 0 Å². The van der Waals surface area contributed by atoms with Crippen LogP contribution in [0.15, 0.2) is 63.5 Å². The van der Waals surface area contributed by atoms with Crippen molar-refractivity contribution in [2.75, 3.05) is 24.9 Å². The molecule has 0 radical (unpaired) electrons. The first-order valence-corrected chi connectivity index (χ1v) is 12.0. The maximum absolute atomic E-state index is 12.6. The van der Waals surface area contributed by atoms with Crippen LogP contribution in [0.4, 0.5) is 10.8 Å². The molecule has 4 aromatic rings. The number of benzene rings is 3. The Kier molecular flexibility index (Phi) is 6.96. The Morgan fingerprint density at radius 3 is 1.94 bits per heavy atom. The molecule has 33 heavy (non-hydrogen) atoms. The number of rotatable bonds is 6. The molecular weight excluding hydrogens is 574 g/mol. The van der Waals surface area contributed by atoms with Crippen LogP contribution in [0, 0.1) is 0 Å². The molecule has 0 atom stereocenters. The van der Waals surface area contributed by atoms with Crippen molar-refractivity contribution in [3.05, 3.63) is 74.7 Å². The van der Waals surface area contributed by atoms with Crippen LogP contribution in [0.3, 0.4) is 0 Å². The highest BCUT2D eigenvalue weighted by atomic mass is 79.9. The number of halogens is 2. The van der Waals surface area contributed by atoms with Gasteiger partial charge < -0.3 is 14.8 Å². The third-order valence-electron chi connectivity index (χ3n) is 4.69. The first-order chi connectivity index (χ1) is 15.9. The van der Waals surface area contributed by atoms with Crippen LogP contribution in [-0.2, 0) is 0 Å². The predicted molar refractivity (Wildman–Crippen MR) is 137 cm³/mol. The maximum Gasteiger partial charge on any atom is 0.257 e. The van der Waals surface area contributed by atoms with Gasteiger partial charge in [-0.1, -0.05) is 11.3 Å². The predicted octanol–water partition coefficient (Wildman–Crippen LogP) is 6.34. The molecule has 0 unspecified atom stereocenters. The summed E-state index contributed by atoms with van der Waals surface area (Å²) in [5.74, 6) is 0.758. The summed E-state index contributed by atoms with van der Waals surface area (Å²) in [5, 5.41) is 6.16. The first-order valence-electron chi connectivity index (χ1n) is 9.58. The summed E-state index contributed by atoms with van der Waals surface area (Å²) in [7, 11) is 3.13. The number of hydrogen-bond donors (Lipinski definition) is 2. The fraction of sp³-hybridized carbons (Fsp3) is 0.0870. The summed E-state index contributed by atoms with van der Waals surface area (Å²) < 4.78 is 12.6. The lowest BCUT2D eigenvalue weighted by Gasteiger charge is -2.07. The molecule has 1 aromatic heterocycles. The Morgan fingerprint density at radius 2 is 1.39 bits per heavy atom. The van der Waals surface area contributed by atoms with E-state index in [1.54, 1.807) is 62.8 Å². The molecule has 0 fully saturated rings. The summed E-state index contributed by atoms with van der Waals surface area (Å²) >= 11 is 8.09. The highest BCUT2D eigenvalue weighted by Crippen LogP contribution is 2.31. The van der Waals surface area contributed by atoms with Crippen molar-refractivity contribution in [1.29, 1.82) is 0 Å². The maximum atomic E-state index is 12.6. The van der Waals surface area contributed by atoms with Crippen molar-refractivity contribution in [3.8, 4) is 11.5 Å². The number of thiazole rings is 1. The lowest BCUT2D eigenvalue weighted by atomic mass is 10.2. The number of carbonyl (C=O) groups is 2. The molecule has 0 spiro atoms. The zero-order valence-electron chi connectivity index (χ0n) is 17.4. The Bertz CT molecular complexity index is 1310. The van der Waals surface area contributed by atoms with Gasteiger partial charge >= 0.3 is 0 Å². The second-order valence-electron chi connectivity index (χ2n) is 6.81. The molecule has 7 nitrogen and oxygen atoms in total. The van der Waals surface area contributed by atoms with Gasteiger partial charge in [0, 0.05) is 16.8 Å². The normalized spacial score (nSPS) is 10.7. The Morgan fingerprint density at radius 1 is 0.818 bits per heavy atom. The fourth-order valence-electron chi connectivity index (χ4n) is 3.04. The number of methoxy groups -OCH3 is 2. The van der Waals surface area contributed by atoms with E-state index in [0.29, 0.717) is 42.4 Å². The average Bonchev–Trinajstić information content (AvgIpc) is 3.20. The van der Waals surface area contributed by atoms with Crippen molar-refractivity contribution in [2.45, 2.75) is 0 Å². The SMILES string of the molecule is COc1ccc(C(=O)Nc2ccc3nc(NC(=O)c4ccc(OC)c(Br)c4)sc3c2)cc1Br. The molecule has 4 rings (SSSR count). The van der Waals surface area contributed by atoms with Gasteiger partial charge in [-0.2, -0.15) is 0 Å². The lowest BCUT2D eigenvalue weighted by Crippen LogP contribution is -2.11.